The maximum Gasteiger partial charge on any atom is 0.522 e. The fourth-order valence-electron chi connectivity index (χ4n) is 0.998. The molecule has 0 saturated heterocycles. The molecule has 0 bridgehead atoms. The maximum atomic E-state index is 11.7. The number of hydrogen-bond acceptors (Lipinski definition) is 3. The van der Waals surface area contributed by atoms with Gasteiger partial charge in [0.2, 0.25) is 0 Å². The van der Waals surface area contributed by atoms with E-state index in [1.807, 2.05) is 0 Å². The molecular formula is C9H6ClF3O3. The molecule has 0 aromatic heterocycles. The summed E-state index contributed by atoms with van der Waals surface area (Å²) in [5.74, 6) is -0.837. The zero-order valence-electron chi connectivity index (χ0n) is 7.75. The first-order chi connectivity index (χ1) is 7.42. The van der Waals surface area contributed by atoms with E-state index in [0.29, 0.717) is 0 Å². The van der Waals surface area contributed by atoms with Crippen LogP contribution in [0.15, 0.2) is 24.3 Å². The van der Waals surface area contributed by atoms with E-state index < -0.39 is 18.9 Å². The number of rotatable bonds is 3. The third kappa shape index (κ3) is 4.08. The molecule has 0 unspecified atom stereocenters. The Morgan fingerprint density at radius 2 is 2.06 bits per heavy atom. The van der Waals surface area contributed by atoms with Crippen molar-refractivity contribution in [3.05, 3.63) is 35.4 Å². The van der Waals surface area contributed by atoms with E-state index in [9.17, 15) is 18.0 Å². The molecule has 0 fully saturated rings. The van der Waals surface area contributed by atoms with Crippen molar-refractivity contribution < 1.29 is 27.0 Å². The maximum absolute atomic E-state index is 11.7. The molecule has 1 aromatic rings. The molecule has 0 N–H and O–H groups in total. The van der Waals surface area contributed by atoms with Crippen LogP contribution in [0, 0.1) is 0 Å². The van der Waals surface area contributed by atoms with Crippen LogP contribution in [0.4, 0.5) is 13.2 Å². The zero-order valence-corrected chi connectivity index (χ0v) is 8.51. The summed E-state index contributed by atoms with van der Waals surface area (Å²) in [5.41, 5.74) is 0.246. The molecule has 0 aliphatic carbocycles. The van der Waals surface area contributed by atoms with Gasteiger partial charge in [-0.15, -0.1) is 13.2 Å². The van der Waals surface area contributed by atoms with E-state index in [2.05, 4.69) is 9.03 Å². The van der Waals surface area contributed by atoms with Crippen molar-refractivity contribution in [2.75, 3.05) is 0 Å². The molecule has 3 nitrogen and oxygen atoms in total. The Labute approximate surface area is 93.9 Å². The second-order valence-electron chi connectivity index (χ2n) is 2.80. The minimum atomic E-state index is -4.71. The van der Waals surface area contributed by atoms with Gasteiger partial charge in [-0.25, -0.2) is 4.79 Å². The van der Waals surface area contributed by atoms with Gasteiger partial charge in [-0.2, -0.15) is 0 Å². The average Bonchev–Trinajstić information content (AvgIpc) is 2.25. The molecule has 0 atom stereocenters. The lowest BCUT2D eigenvalue weighted by Crippen LogP contribution is -2.13. The van der Waals surface area contributed by atoms with Gasteiger partial charge in [0, 0.05) is 0 Å². The topological polar surface area (TPSA) is 35.5 Å². The van der Waals surface area contributed by atoms with Crippen molar-refractivity contribution in [3.63, 3.8) is 0 Å². The van der Waals surface area contributed by atoms with E-state index in [1.54, 1.807) is 0 Å². The summed E-state index contributed by atoms with van der Waals surface area (Å²) in [7, 11) is 0. The SMILES string of the molecule is O=C(OCl)c1cccc(COC(F)(F)F)c1. The number of benzene rings is 1. The molecule has 0 spiro atoms. The van der Waals surface area contributed by atoms with E-state index in [1.165, 1.54) is 24.3 Å². The smallest absolute Gasteiger partial charge is 0.343 e. The number of halogens is 4. The molecule has 0 aliphatic heterocycles. The highest BCUT2D eigenvalue weighted by atomic mass is 35.5. The van der Waals surface area contributed by atoms with Crippen LogP contribution >= 0.6 is 11.9 Å². The number of hydrogen-bond donors (Lipinski definition) is 0. The van der Waals surface area contributed by atoms with E-state index >= 15 is 0 Å². The van der Waals surface area contributed by atoms with Crippen molar-refractivity contribution in [2.24, 2.45) is 0 Å². The highest BCUT2D eigenvalue weighted by molar-refractivity contribution is 6.15. The number of ether oxygens (including phenoxy) is 1. The van der Waals surface area contributed by atoms with Gasteiger partial charge in [0.05, 0.1) is 12.2 Å². The van der Waals surface area contributed by atoms with Crippen LogP contribution in [0.25, 0.3) is 0 Å². The first-order valence-electron chi connectivity index (χ1n) is 4.05. The summed E-state index contributed by atoms with van der Waals surface area (Å²) in [6, 6.07) is 5.35. The summed E-state index contributed by atoms with van der Waals surface area (Å²) < 4.78 is 42.7. The third-order valence-electron chi connectivity index (χ3n) is 1.64. The highest BCUT2D eigenvalue weighted by Gasteiger charge is 2.28. The molecule has 0 aliphatic rings. The van der Waals surface area contributed by atoms with Crippen LogP contribution in [0.2, 0.25) is 0 Å². The lowest BCUT2D eigenvalue weighted by atomic mass is 10.1. The first kappa shape index (κ1) is 12.8. The van der Waals surface area contributed by atoms with Gasteiger partial charge in [0.1, 0.15) is 11.9 Å². The molecule has 0 radical (unpaired) electrons. The van der Waals surface area contributed by atoms with Crippen molar-refractivity contribution in [1.29, 1.82) is 0 Å². The van der Waals surface area contributed by atoms with E-state index in [-0.39, 0.29) is 11.1 Å². The standard InChI is InChI=1S/C9H6ClF3O3/c10-16-8(14)7-3-1-2-6(4-7)5-15-9(11,12)13/h1-4H,5H2. The van der Waals surface area contributed by atoms with Crippen molar-refractivity contribution in [3.8, 4) is 0 Å². The van der Waals surface area contributed by atoms with Crippen LogP contribution in [-0.4, -0.2) is 12.3 Å². The van der Waals surface area contributed by atoms with Crippen LogP contribution in [0.1, 0.15) is 15.9 Å². The summed E-state index contributed by atoms with van der Waals surface area (Å²) in [6.45, 7) is -0.674. The van der Waals surface area contributed by atoms with Gasteiger partial charge in [0.15, 0.2) is 0 Å². The van der Waals surface area contributed by atoms with Gasteiger partial charge in [-0.05, 0) is 17.7 Å². The summed E-state index contributed by atoms with van der Waals surface area (Å²) in [6.07, 6.45) is -4.71. The average molecular weight is 255 g/mol. The summed E-state index contributed by atoms with van der Waals surface area (Å²) in [4.78, 5) is 10.9. The normalized spacial score (nSPS) is 11.2. The molecular weight excluding hydrogens is 249 g/mol. The van der Waals surface area contributed by atoms with Gasteiger partial charge >= 0.3 is 12.3 Å². The Bertz CT molecular complexity index is 379. The zero-order chi connectivity index (χ0) is 12.2. The van der Waals surface area contributed by atoms with Gasteiger partial charge in [-0.3, -0.25) is 4.74 Å². The molecule has 16 heavy (non-hydrogen) atoms. The van der Waals surface area contributed by atoms with Crippen LogP contribution in [0.3, 0.4) is 0 Å². The second-order valence-corrected chi connectivity index (χ2v) is 2.95. The molecule has 7 heteroatoms. The van der Waals surface area contributed by atoms with Gasteiger partial charge in [-0.1, -0.05) is 12.1 Å². The molecule has 0 heterocycles. The minimum Gasteiger partial charge on any atom is -0.343 e. The Morgan fingerprint density at radius 3 is 2.62 bits per heavy atom. The monoisotopic (exact) mass is 254 g/mol. The van der Waals surface area contributed by atoms with Crippen LogP contribution < -0.4 is 0 Å². The number of carbonyl (C=O) groups is 1. The van der Waals surface area contributed by atoms with Crippen LogP contribution in [-0.2, 0) is 15.6 Å². The number of alkyl halides is 3. The Balaban J connectivity index is 2.71. The summed E-state index contributed by atoms with van der Waals surface area (Å²) >= 11 is 4.83. The molecule has 1 aromatic carbocycles. The molecule has 1 rings (SSSR count). The quantitative estimate of drug-likeness (QED) is 0.832. The lowest BCUT2D eigenvalue weighted by Gasteiger charge is -2.07. The predicted molar refractivity (Wildman–Crippen MR) is 48.6 cm³/mol. The molecule has 88 valence electrons. The van der Waals surface area contributed by atoms with E-state index in [0.717, 1.165) is 0 Å². The Hall–Kier alpha value is -1.27. The van der Waals surface area contributed by atoms with Crippen LogP contribution in [0.5, 0.6) is 0 Å². The largest absolute Gasteiger partial charge is 0.522 e. The third-order valence-corrected chi connectivity index (χ3v) is 1.78. The lowest BCUT2D eigenvalue weighted by molar-refractivity contribution is -0.330. The highest BCUT2D eigenvalue weighted by Crippen LogP contribution is 2.19. The molecule has 0 saturated carbocycles. The first-order valence-corrected chi connectivity index (χ1v) is 4.36. The van der Waals surface area contributed by atoms with Crippen molar-refractivity contribution in [2.45, 2.75) is 13.0 Å². The van der Waals surface area contributed by atoms with Gasteiger partial charge in [0.25, 0.3) is 0 Å². The number of carbonyl (C=O) groups excluding carboxylic acids is 1. The summed E-state index contributed by atoms with van der Waals surface area (Å²) in [5, 5.41) is 0. The van der Waals surface area contributed by atoms with Gasteiger partial charge < -0.3 is 4.29 Å². The Kier molecular flexibility index (Phi) is 4.14. The minimum absolute atomic E-state index is 0.0540. The fraction of sp³-hybridized carbons (Fsp3) is 0.222. The van der Waals surface area contributed by atoms with E-state index in [4.69, 9.17) is 11.9 Å². The van der Waals surface area contributed by atoms with Crippen molar-refractivity contribution in [1.82, 2.24) is 0 Å². The fourth-order valence-corrected chi connectivity index (χ4v) is 1.09. The molecule has 0 amide bonds. The second kappa shape index (κ2) is 5.18. The Morgan fingerprint density at radius 1 is 1.38 bits per heavy atom. The van der Waals surface area contributed by atoms with Crippen molar-refractivity contribution >= 4 is 17.8 Å². The predicted octanol–water partition coefficient (Wildman–Crippen LogP) is 3.03.